The van der Waals surface area contributed by atoms with Gasteiger partial charge in [-0.05, 0) is 44.5 Å². The van der Waals surface area contributed by atoms with Crippen LogP contribution in [-0.4, -0.2) is 57.4 Å². The van der Waals surface area contributed by atoms with Crippen LogP contribution in [0.5, 0.6) is 0 Å². The van der Waals surface area contributed by atoms with Crippen molar-refractivity contribution in [1.82, 2.24) is 14.9 Å². The van der Waals surface area contributed by atoms with E-state index in [1.54, 1.807) is 0 Å². The molecule has 0 saturated heterocycles. The Bertz CT molecular complexity index is 1700. The standard InChI is InChI=1S/C36H29N3O6/c40-34(41)33(17-22-18-37-21-38-22)39(35(42)44-19-31-27-13-5-1-9-23(27)24-10-2-6-14-28(24)31)36(43)45-20-32-29-15-7-3-11-25(29)26-12-4-8-16-30(26)32/h1-16,18,21,31-33H,17,19-20H2,(H,37,38)(H,40,41). The molecular weight excluding hydrogens is 570 g/mol. The Morgan fingerprint density at radius 2 is 1.09 bits per heavy atom. The zero-order valence-corrected chi connectivity index (χ0v) is 24.1. The van der Waals surface area contributed by atoms with Crippen molar-refractivity contribution in [2.24, 2.45) is 0 Å². The third-order valence-corrected chi connectivity index (χ3v) is 8.63. The highest BCUT2D eigenvalue weighted by Crippen LogP contribution is 2.46. The summed E-state index contributed by atoms with van der Waals surface area (Å²) in [6, 6.07) is 29.9. The number of aliphatic carboxylic acids is 1. The van der Waals surface area contributed by atoms with Crippen molar-refractivity contribution in [3.8, 4) is 22.3 Å². The molecule has 0 radical (unpaired) electrons. The van der Waals surface area contributed by atoms with E-state index in [4.69, 9.17) is 9.47 Å². The highest BCUT2D eigenvalue weighted by Gasteiger charge is 2.40. The maximum Gasteiger partial charge on any atom is 0.420 e. The van der Waals surface area contributed by atoms with E-state index in [9.17, 15) is 19.5 Å². The fraction of sp³-hybridized carbons (Fsp3) is 0.167. The summed E-state index contributed by atoms with van der Waals surface area (Å²) in [6.45, 7) is -0.174. The average Bonchev–Trinajstić information content (AvgIpc) is 3.78. The van der Waals surface area contributed by atoms with Crippen LogP contribution in [0.15, 0.2) is 110 Å². The Morgan fingerprint density at radius 3 is 1.44 bits per heavy atom. The van der Waals surface area contributed by atoms with E-state index >= 15 is 0 Å². The highest BCUT2D eigenvalue weighted by molar-refractivity contribution is 5.94. The molecule has 9 heteroatoms. The number of H-pyrrole nitrogens is 1. The maximum absolute atomic E-state index is 13.7. The third-order valence-electron chi connectivity index (χ3n) is 8.63. The van der Waals surface area contributed by atoms with Gasteiger partial charge in [-0.2, -0.15) is 4.90 Å². The summed E-state index contributed by atoms with van der Waals surface area (Å²) in [7, 11) is 0. The smallest absolute Gasteiger partial charge is 0.420 e. The molecule has 1 aromatic heterocycles. The van der Waals surface area contributed by atoms with Gasteiger partial charge in [-0.3, -0.25) is 0 Å². The number of hydrogen-bond donors (Lipinski definition) is 2. The number of carbonyl (C=O) groups is 3. The lowest BCUT2D eigenvalue weighted by Crippen LogP contribution is -2.50. The van der Waals surface area contributed by atoms with Crippen LogP contribution in [0.25, 0.3) is 22.3 Å². The number of carbonyl (C=O) groups excluding carboxylic acids is 2. The van der Waals surface area contributed by atoms with Crippen LogP contribution in [-0.2, 0) is 20.7 Å². The number of carboxylic acid groups (broad SMARTS) is 1. The minimum Gasteiger partial charge on any atom is -0.480 e. The summed E-state index contributed by atoms with van der Waals surface area (Å²) in [5.41, 5.74) is 8.59. The van der Waals surface area contributed by atoms with Crippen molar-refractivity contribution < 1.29 is 29.0 Å². The van der Waals surface area contributed by atoms with E-state index in [1.807, 2.05) is 97.1 Å². The Balaban J connectivity index is 1.15. The number of nitrogens with zero attached hydrogens (tertiary/aromatic N) is 2. The van der Waals surface area contributed by atoms with Crippen LogP contribution in [0.4, 0.5) is 9.59 Å². The number of imide groups is 1. The van der Waals surface area contributed by atoms with Crippen LogP contribution in [0.3, 0.4) is 0 Å². The van der Waals surface area contributed by atoms with E-state index in [1.165, 1.54) is 12.5 Å². The lowest BCUT2D eigenvalue weighted by atomic mass is 9.98. The van der Waals surface area contributed by atoms with Gasteiger partial charge in [-0.25, -0.2) is 19.4 Å². The summed E-state index contributed by atoms with van der Waals surface area (Å²) in [5.74, 6) is -1.94. The first-order chi connectivity index (χ1) is 22.0. The molecule has 0 bridgehead atoms. The van der Waals surface area contributed by atoms with Gasteiger partial charge in [0.1, 0.15) is 19.3 Å². The van der Waals surface area contributed by atoms with Crippen molar-refractivity contribution in [1.29, 1.82) is 0 Å². The molecule has 224 valence electrons. The Labute approximate surface area is 259 Å². The molecule has 9 nitrogen and oxygen atoms in total. The van der Waals surface area contributed by atoms with Crippen molar-refractivity contribution in [2.45, 2.75) is 24.3 Å². The van der Waals surface area contributed by atoms with Gasteiger partial charge in [-0.1, -0.05) is 97.1 Å². The van der Waals surface area contributed by atoms with Gasteiger partial charge in [0.2, 0.25) is 0 Å². The molecule has 5 aromatic rings. The number of ether oxygens (including phenoxy) is 2. The second-order valence-corrected chi connectivity index (χ2v) is 11.1. The van der Waals surface area contributed by atoms with Gasteiger partial charge in [0.05, 0.1) is 6.33 Å². The molecule has 2 aliphatic rings. The SMILES string of the molecule is O=C(O)C(Cc1cnc[nH]1)N(C(=O)OCC1c2ccccc2-c2ccccc21)C(=O)OCC1c2ccccc2-c2ccccc21. The second-order valence-electron chi connectivity index (χ2n) is 11.1. The zero-order valence-electron chi connectivity index (χ0n) is 24.1. The first-order valence-electron chi connectivity index (χ1n) is 14.7. The third kappa shape index (κ3) is 5.12. The van der Waals surface area contributed by atoms with Gasteiger partial charge in [0.25, 0.3) is 0 Å². The van der Waals surface area contributed by atoms with Crippen LogP contribution < -0.4 is 0 Å². The van der Waals surface area contributed by atoms with Gasteiger partial charge < -0.3 is 19.6 Å². The van der Waals surface area contributed by atoms with E-state index in [0.717, 1.165) is 44.5 Å². The number of aromatic amines is 1. The molecule has 4 aromatic carbocycles. The van der Waals surface area contributed by atoms with Gasteiger partial charge in [0.15, 0.2) is 0 Å². The molecular formula is C36H29N3O6. The molecule has 1 heterocycles. The van der Waals surface area contributed by atoms with E-state index in [0.29, 0.717) is 10.6 Å². The Hall–Kier alpha value is -5.70. The summed E-state index contributed by atoms with van der Waals surface area (Å²) < 4.78 is 11.5. The normalized spacial score (nSPS) is 13.7. The average molecular weight is 600 g/mol. The molecule has 7 rings (SSSR count). The predicted molar refractivity (Wildman–Crippen MR) is 166 cm³/mol. The fourth-order valence-electron chi connectivity index (χ4n) is 6.55. The molecule has 1 unspecified atom stereocenters. The molecule has 0 fully saturated rings. The number of rotatable bonds is 8. The number of benzene rings is 4. The number of carboxylic acids is 1. The molecule has 0 spiro atoms. The van der Waals surface area contributed by atoms with E-state index in [-0.39, 0.29) is 31.5 Å². The van der Waals surface area contributed by atoms with E-state index in [2.05, 4.69) is 9.97 Å². The minimum absolute atomic E-state index is 0.0869. The number of amides is 2. The molecule has 2 aliphatic carbocycles. The monoisotopic (exact) mass is 599 g/mol. The lowest BCUT2D eigenvalue weighted by molar-refractivity contribution is -0.142. The summed E-state index contributed by atoms with van der Waals surface area (Å²) in [4.78, 5) is 47.4. The topological polar surface area (TPSA) is 122 Å². The first kappa shape index (κ1) is 28.1. The zero-order chi connectivity index (χ0) is 30.9. The summed E-state index contributed by atoms with van der Waals surface area (Å²) in [6.07, 6.45) is 0.453. The molecule has 0 aliphatic heterocycles. The van der Waals surface area contributed by atoms with Crippen LogP contribution in [0.2, 0.25) is 0 Å². The molecule has 1 atom stereocenters. The molecule has 45 heavy (non-hydrogen) atoms. The Kier molecular flexibility index (Phi) is 7.34. The van der Waals surface area contributed by atoms with Crippen molar-refractivity contribution in [3.05, 3.63) is 138 Å². The van der Waals surface area contributed by atoms with Gasteiger partial charge in [0, 0.05) is 30.1 Å². The minimum atomic E-state index is -1.60. The number of aromatic nitrogens is 2. The number of imidazole rings is 1. The second kappa shape index (κ2) is 11.8. The molecule has 2 amide bonds. The number of nitrogens with one attached hydrogen (secondary N) is 1. The van der Waals surface area contributed by atoms with E-state index < -0.39 is 24.2 Å². The highest BCUT2D eigenvalue weighted by atomic mass is 16.6. The largest absolute Gasteiger partial charge is 0.480 e. The van der Waals surface area contributed by atoms with Crippen molar-refractivity contribution in [2.75, 3.05) is 13.2 Å². The van der Waals surface area contributed by atoms with Crippen LogP contribution in [0, 0.1) is 0 Å². The predicted octanol–water partition coefficient (Wildman–Crippen LogP) is 6.61. The molecule has 0 saturated carbocycles. The Morgan fingerprint density at radius 1 is 0.689 bits per heavy atom. The lowest BCUT2D eigenvalue weighted by Gasteiger charge is -2.27. The summed E-state index contributed by atoms with van der Waals surface area (Å²) in [5, 5.41) is 10.2. The number of hydrogen-bond acceptors (Lipinski definition) is 6. The fourth-order valence-corrected chi connectivity index (χ4v) is 6.55. The summed E-state index contributed by atoms with van der Waals surface area (Å²) >= 11 is 0. The van der Waals surface area contributed by atoms with Crippen molar-refractivity contribution >= 4 is 18.2 Å². The molecule has 2 N–H and O–H groups in total. The maximum atomic E-state index is 13.7. The quantitative estimate of drug-likeness (QED) is 0.206. The van der Waals surface area contributed by atoms with Crippen LogP contribution >= 0.6 is 0 Å². The van der Waals surface area contributed by atoms with Gasteiger partial charge >= 0.3 is 18.2 Å². The first-order valence-corrected chi connectivity index (χ1v) is 14.7. The van der Waals surface area contributed by atoms with Crippen LogP contribution in [0.1, 0.15) is 39.8 Å². The van der Waals surface area contributed by atoms with Gasteiger partial charge in [-0.15, -0.1) is 0 Å². The van der Waals surface area contributed by atoms with Crippen molar-refractivity contribution in [3.63, 3.8) is 0 Å². The number of fused-ring (bicyclic) bond motifs is 6.